The predicted octanol–water partition coefficient (Wildman–Crippen LogP) is 1.17. The molecule has 1 N–H and O–H groups in total. The van der Waals surface area contributed by atoms with Crippen molar-refractivity contribution in [1.29, 1.82) is 0 Å². The second kappa shape index (κ2) is 3.98. The Hall–Kier alpha value is -1.45. The molecule has 1 heterocycles. The van der Waals surface area contributed by atoms with Gasteiger partial charge >= 0.3 is 0 Å². The van der Waals surface area contributed by atoms with Crippen molar-refractivity contribution in [3.05, 3.63) is 23.8 Å². The largest absolute Gasteiger partial charge is 0.348 e. The molecule has 0 saturated heterocycles. The highest BCUT2D eigenvalue weighted by Gasteiger charge is 2.07. The molecule has 0 atom stereocenters. The summed E-state index contributed by atoms with van der Waals surface area (Å²) in [5.74, 6) is -0.178. The van der Waals surface area contributed by atoms with Crippen molar-refractivity contribution in [2.45, 2.75) is 26.8 Å². The third kappa shape index (κ3) is 2.82. The number of aryl methyl sites for hydroxylation is 1. The third-order valence-corrected chi connectivity index (χ3v) is 1.43. The van der Waals surface area contributed by atoms with Gasteiger partial charge in [-0.15, -0.1) is 0 Å². The topological polar surface area (TPSA) is 54.9 Å². The SMILES string of the molecule is Cc1cnc(C(=O)NC(C)C)cn1.[HH]. The molecule has 0 spiro atoms. The van der Waals surface area contributed by atoms with Gasteiger partial charge in [0.25, 0.3) is 5.91 Å². The van der Waals surface area contributed by atoms with Crippen molar-refractivity contribution in [2.75, 3.05) is 0 Å². The number of carbonyl (C=O) groups is 1. The van der Waals surface area contributed by atoms with Crippen LogP contribution in [0.15, 0.2) is 12.4 Å². The molecular formula is C9H15N3O. The van der Waals surface area contributed by atoms with E-state index in [1.54, 1.807) is 6.20 Å². The van der Waals surface area contributed by atoms with Crippen LogP contribution in [0, 0.1) is 6.92 Å². The number of hydrogen-bond acceptors (Lipinski definition) is 3. The lowest BCUT2D eigenvalue weighted by Gasteiger charge is -2.06. The van der Waals surface area contributed by atoms with Crippen LogP contribution in [0.25, 0.3) is 0 Å². The Morgan fingerprint density at radius 1 is 1.46 bits per heavy atom. The van der Waals surface area contributed by atoms with E-state index in [4.69, 9.17) is 0 Å². The maximum absolute atomic E-state index is 11.4. The monoisotopic (exact) mass is 181 g/mol. The Bertz CT molecular complexity index is 297. The number of nitrogens with one attached hydrogen (secondary N) is 1. The Morgan fingerprint density at radius 3 is 2.62 bits per heavy atom. The maximum Gasteiger partial charge on any atom is 0.271 e. The van der Waals surface area contributed by atoms with Crippen LogP contribution in [-0.4, -0.2) is 21.9 Å². The van der Waals surface area contributed by atoms with Gasteiger partial charge in [0.15, 0.2) is 0 Å². The van der Waals surface area contributed by atoms with Gasteiger partial charge in [0.1, 0.15) is 5.69 Å². The van der Waals surface area contributed by atoms with E-state index in [9.17, 15) is 4.79 Å². The van der Waals surface area contributed by atoms with Crippen LogP contribution in [0.3, 0.4) is 0 Å². The zero-order chi connectivity index (χ0) is 9.84. The molecule has 0 aromatic carbocycles. The van der Waals surface area contributed by atoms with Gasteiger partial charge in [0.05, 0.1) is 11.9 Å². The number of hydrogen-bond donors (Lipinski definition) is 1. The first-order valence-corrected chi connectivity index (χ1v) is 4.19. The normalized spacial score (nSPS) is 10.2. The molecule has 0 bridgehead atoms. The lowest BCUT2D eigenvalue weighted by Crippen LogP contribution is -2.30. The Kier molecular flexibility index (Phi) is 2.95. The van der Waals surface area contributed by atoms with Crippen LogP contribution in [-0.2, 0) is 0 Å². The second-order valence-corrected chi connectivity index (χ2v) is 3.17. The number of nitrogens with zero attached hydrogens (tertiary/aromatic N) is 2. The van der Waals surface area contributed by atoms with Crippen LogP contribution < -0.4 is 5.32 Å². The lowest BCUT2D eigenvalue weighted by molar-refractivity contribution is 0.0937. The van der Waals surface area contributed by atoms with E-state index in [0.717, 1.165) is 5.69 Å². The summed E-state index contributed by atoms with van der Waals surface area (Å²) < 4.78 is 0. The summed E-state index contributed by atoms with van der Waals surface area (Å²) in [6, 6.07) is 0.121. The summed E-state index contributed by atoms with van der Waals surface area (Å²) in [6.07, 6.45) is 3.06. The van der Waals surface area contributed by atoms with Crippen molar-refractivity contribution < 1.29 is 6.22 Å². The molecule has 1 aromatic rings. The summed E-state index contributed by atoms with van der Waals surface area (Å²) in [6.45, 7) is 5.64. The third-order valence-electron chi connectivity index (χ3n) is 1.43. The van der Waals surface area contributed by atoms with E-state index in [1.165, 1.54) is 6.20 Å². The van der Waals surface area contributed by atoms with E-state index >= 15 is 0 Å². The molecule has 4 nitrogen and oxygen atoms in total. The van der Waals surface area contributed by atoms with Crippen molar-refractivity contribution >= 4 is 5.91 Å². The van der Waals surface area contributed by atoms with Crippen LogP contribution in [0.1, 0.15) is 31.5 Å². The van der Waals surface area contributed by atoms with Gasteiger partial charge in [-0.2, -0.15) is 0 Å². The summed E-state index contributed by atoms with van der Waals surface area (Å²) >= 11 is 0. The van der Waals surface area contributed by atoms with Crippen molar-refractivity contribution in [1.82, 2.24) is 15.3 Å². The van der Waals surface area contributed by atoms with E-state index in [-0.39, 0.29) is 13.4 Å². The molecule has 0 radical (unpaired) electrons. The minimum Gasteiger partial charge on any atom is -0.348 e. The first-order valence-electron chi connectivity index (χ1n) is 4.19. The van der Waals surface area contributed by atoms with Gasteiger partial charge in [-0.05, 0) is 20.8 Å². The molecule has 1 rings (SSSR count). The molecule has 0 aliphatic rings. The van der Waals surface area contributed by atoms with Crippen LogP contribution in [0.5, 0.6) is 0 Å². The highest BCUT2D eigenvalue weighted by Crippen LogP contribution is 1.94. The van der Waals surface area contributed by atoms with E-state index in [1.807, 2.05) is 20.8 Å². The fourth-order valence-corrected chi connectivity index (χ4v) is 0.846. The fourth-order valence-electron chi connectivity index (χ4n) is 0.846. The highest BCUT2D eigenvalue weighted by molar-refractivity contribution is 5.92. The van der Waals surface area contributed by atoms with Gasteiger partial charge in [-0.25, -0.2) is 4.98 Å². The van der Waals surface area contributed by atoms with Crippen LogP contribution >= 0.6 is 0 Å². The average molecular weight is 181 g/mol. The first-order chi connectivity index (χ1) is 6.09. The minimum absolute atomic E-state index is 0. The molecule has 0 aliphatic carbocycles. The summed E-state index contributed by atoms with van der Waals surface area (Å²) in [5.41, 5.74) is 1.17. The Balaban J connectivity index is 0.00000169. The molecule has 4 heteroatoms. The summed E-state index contributed by atoms with van der Waals surface area (Å²) in [5, 5.41) is 2.74. The fraction of sp³-hybridized carbons (Fsp3) is 0.444. The molecule has 0 fully saturated rings. The number of rotatable bonds is 2. The minimum atomic E-state index is -0.178. The maximum atomic E-state index is 11.4. The zero-order valence-electron chi connectivity index (χ0n) is 8.03. The predicted molar refractivity (Wildman–Crippen MR) is 51.5 cm³/mol. The van der Waals surface area contributed by atoms with E-state index in [0.29, 0.717) is 5.69 Å². The lowest BCUT2D eigenvalue weighted by atomic mass is 10.3. The second-order valence-electron chi connectivity index (χ2n) is 3.17. The molecule has 0 aliphatic heterocycles. The van der Waals surface area contributed by atoms with Crippen molar-refractivity contribution in [3.8, 4) is 0 Å². The summed E-state index contributed by atoms with van der Waals surface area (Å²) in [7, 11) is 0. The van der Waals surface area contributed by atoms with Gasteiger partial charge in [-0.3, -0.25) is 9.78 Å². The molecule has 1 aromatic heterocycles. The molecule has 1 amide bonds. The molecular weight excluding hydrogens is 166 g/mol. The number of amides is 1. The van der Waals surface area contributed by atoms with Gasteiger partial charge in [-0.1, -0.05) is 0 Å². The van der Waals surface area contributed by atoms with Crippen molar-refractivity contribution in [2.24, 2.45) is 0 Å². The molecule has 72 valence electrons. The standard InChI is InChI=1S/C9H13N3O.H2/c1-6(2)12-9(13)8-5-10-7(3)4-11-8;/h4-6H,1-3H3,(H,12,13);1H. The van der Waals surface area contributed by atoms with Gasteiger partial charge < -0.3 is 5.32 Å². The summed E-state index contributed by atoms with van der Waals surface area (Å²) in [4.78, 5) is 19.3. The van der Waals surface area contributed by atoms with Gasteiger partial charge in [0.2, 0.25) is 0 Å². The zero-order valence-corrected chi connectivity index (χ0v) is 8.03. The van der Waals surface area contributed by atoms with Gasteiger partial charge in [0, 0.05) is 13.7 Å². The molecule has 0 unspecified atom stereocenters. The average Bonchev–Trinajstić information content (AvgIpc) is 2.04. The smallest absolute Gasteiger partial charge is 0.271 e. The van der Waals surface area contributed by atoms with E-state index < -0.39 is 0 Å². The van der Waals surface area contributed by atoms with Crippen LogP contribution in [0.4, 0.5) is 0 Å². The van der Waals surface area contributed by atoms with E-state index in [2.05, 4.69) is 15.3 Å². The highest BCUT2D eigenvalue weighted by atomic mass is 16.1. The number of carbonyl (C=O) groups excluding carboxylic acids is 1. The Morgan fingerprint density at radius 2 is 2.15 bits per heavy atom. The van der Waals surface area contributed by atoms with Crippen molar-refractivity contribution in [3.63, 3.8) is 0 Å². The molecule has 13 heavy (non-hydrogen) atoms. The number of aromatic nitrogens is 2. The molecule has 0 saturated carbocycles. The quantitative estimate of drug-likeness (QED) is 0.745. The first kappa shape index (κ1) is 9.64. The van der Waals surface area contributed by atoms with Crippen LogP contribution in [0.2, 0.25) is 0 Å². The Labute approximate surface area is 78.9 Å².